The molecule has 1 aromatic rings. The first kappa shape index (κ1) is 21.8. The lowest BCUT2D eigenvalue weighted by Gasteiger charge is -2.48. The summed E-state index contributed by atoms with van der Waals surface area (Å²) in [4.78, 5) is 2.20. The first-order chi connectivity index (χ1) is 12.2. The Bertz CT molecular complexity index is 715. The van der Waals surface area contributed by atoms with Crippen molar-refractivity contribution in [3.05, 3.63) is 23.3 Å². The predicted molar refractivity (Wildman–Crippen MR) is 106 cm³/mol. The van der Waals surface area contributed by atoms with Gasteiger partial charge < -0.3 is 22.2 Å². The number of benzene rings is 1. The molecule has 0 radical (unpaired) electrons. The first-order valence-electron chi connectivity index (χ1n) is 9.47. The highest BCUT2D eigenvalue weighted by Crippen LogP contribution is 2.51. The molecule has 152 valence electrons. The van der Waals surface area contributed by atoms with Crippen molar-refractivity contribution in [1.29, 1.82) is 0 Å². The molecule has 27 heavy (non-hydrogen) atoms. The molecule has 3 unspecified atom stereocenters. The van der Waals surface area contributed by atoms with E-state index in [-0.39, 0.29) is 5.54 Å². The molecule has 0 saturated heterocycles. The smallest absolute Gasteiger partial charge is 0.418 e. The molecule has 0 aromatic heterocycles. The van der Waals surface area contributed by atoms with Crippen molar-refractivity contribution < 1.29 is 21.8 Å². The Morgan fingerprint density at radius 1 is 1.04 bits per heavy atom. The minimum absolute atomic E-state index is 0.284. The molecule has 0 spiro atoms. The van der Waals surface area contributed by atoms with Gasteiger partial charge in [-0.3, -0.25) is 0 Å². The van der Waals surface area contributed by atoms with Crippen LogP contribution in [-0.2, 0) is 0 Å². The number of hydrogen-bond donors (Lipinski definition) is 0. The summed E-state index contributed by atoms with van der Waals surface area (Å²) in [6.45, 7) is 11.9. The molecular formula is C20H31BF4N2. The minimum atomic E-state index is -6.00. The quantitative estimate of drug-likeness (QED) is 0.344. The van der Waals surface area contributed by atoms with Crippen LogP contribution in [0.1, 0.15) is 51.2 Å². The monoisotopic (exact) mass is 386 g/mol. The van der Waals surface area contributed by atoms with Crippen molar-refractivity contribution in [1.82, 2.24) is 0 Å². The number of hydrogen-bond acceptors (Lipinski definition) is 1. The van der Waals surface area contributed by atoms with E-state index in [9.17, 15) is 17.3 Å². The fourth-order valence-corrected chi connectivity index (χ4v) is 4.55. The Balaban J connectivity index is 0.000000465. The third-order valence-electron chi connectivity index (χ3n) is 6.31. The van der Waals surface area contributed by atoms with Gasteiger partial charge in [-0.1, -0.05) is 13.8 Å². The van der Waals surface area contributed by atoms with E-state index < -0.39 is 7.25 Å². The molecule has 1 aliphatic carbocycles. The number of rotatable bonds is 2. The molecule has 2 aliphatic heterocycles. The maximum atomic E-state index is 9.75. The lowest BCUT2D eigenvalue weighted by molar-refractivity contribution is -0.552. The van der Waals surface area contributed by atoms with Gasteiger partial charge in [0.25, 0.3) is 0 Å². The fraction of sp³-hybridized carbons (Fsp3) is 0.650. The normalized spacial score (nSPS) is 29.7. The Morgan fingerprint density at radius 3 is 1.93 bits per heavy atom. The van der Waals surface area contributed by atoms with E-state index in [0.717, 1.165) is 5.92 Å². The second kappa shape index (κ2) is 7.14. The van der Waals surface area contributed by atoms with Crippen LogP contribution in [-0.4, -0.2) is 37.7 Å². The highest BCUT2D eigenvalue weighted by atomic mass is 19.5. The predicted octanol–water partition coefficient (Wildman–Crippen LogP) is 5.98. The van der Waals surface area contributed by atoms with Gasteiger partial charge in [0.05, 0.1) is 0 Å². The van der Waals surface area contributed by atoms with Gasteiger partial charge in [0.15, 0.2) is 11.8 Å². The van der Waals surface area contributed by atoms with Crippen LogP contribution < -0.4 is 4.90 Å². The molecular weight excluding hydrogens is 355 g/mol. The van der Waals surface area contributed by atoms with Crippen LogP contribution in [0.2, 0.25) is 0 Å². The van der Waals surface area contributed by atoms with Gasteiger partial charge in [-0.15, -0.1) is 0 Å². The standard InChI is InChI=1S/C20H31N2.BF4/c1-14-10-17(21(6)7)11-15(2)18(14)22-13-19(4)8-9-20(22,5)12-16(19)3;2-1(3,4)5/h10-11,13,16H,8-9,12H2,1-7H3;/q+1;-1. The molecule has 4 rings (SSSR count). The van der Waals surface area contributed by atoms with Gasteiger partial charge in [0.2, 0.25) is 5.69 Å². The average molecular weight is 386 g/mol. The van der Waals surface area contributed by atoms with Gasteiger partial charge in [0, 0.05) is 56.1 Å². The summed E-state index contributed by atoms with van der Waals surface area (Å²) in [5, 5.41) is 0. The van der Waals surface area contributed by atoms with E-state index in [2.05, 4.69) is 76.5 Å². The Morgan fingerprint density at radius 2 is 1.52 bits per heavy atom. The summed E-state index contributed by atoms with van der Waals surface area (Å²) in [6.07, 6.45) is 6.48. The number of anilines is 1. The molecule has 7 heteroatoms. The average Bonchev–Trinajstić information content (AvgIpc) is 2.47. The SMILES string of the molecule is Cc1cc(N(C)C)cc(C)c1[N+]1=CC2(C)CCC1(C)CC2C.F[B-](F)(F)F. The highest BCUT2D eigenvalue weighted by Gasteiger charge is 2.55. The van der Waals surface area contributed by atoms with Crippen molar-refractivity contribution in [2.75, 3.05) is 19.0 Å². The number of halogens is 4. The van der Waals surface area contributed by atoms with Crippen molar-refractivity contribution in [2.45, 2.75) is 59.4 Å². The van der Waals surface area contributed by atoms with E-state index in [0.29, 0.717) is 5.41 Å². The van der Waals surface area contributed by atoms with Crippen LogP contribution in [0.15, 0.2) is 12.1 Å². The molecule has 0 N–H and O–H groups in total. The van der Waals surface area contributed by atoms with Crippen molar-refractivity contribution in [3.63, 3.8) is 0 Å². The minimum Gasteiger partial charge on any atom is -0.418 e. The Kier molecular flexibility index (Phi) is 5.75. The molecule has 1 saturated carbocycles. The van der Waals surface area contributed by atoms with Gasteiger partial charge >= 0.3 is 7.25 Å². The third-order valence-corrected chi connectivity index (χ3v) is 6.31. The third kappa shape index (κ3) is 4.67. The van der Waals surface area contributed by atoms with Crippen LogP contribution in [0.4, 0.5) is 28.6 Å². The van der Waals surface area contributed by atoms with Crippen LogP contribution >= 0.6 is 0 Å². The molecule has 2 heterocycles. The summed E-state index contributed by atoms with van der Waals surface area (Å²) in [7, 11) is -1.76. The zero-order valence-corrected chi connectivity index (χ0v) is 17.4. The van der Waals surface area contributed by atoms with Crippen LogP contribution in [0, 0.1) is 25.2 Å². The van der Waals surface area contributed by atoms with Gasteiger partial charge in [0.1, 0.15) is 0 Å². The molecule has 3 atom stereocenters. The molecule has 1 aromatic carbocycles. The first-order valence-corrected chi connectivity index (χ1v) is 9.47. The highest BCUT2D eigenvalue weighted by molar-refractivity contribution is 6.50. The Labute approximate surface area is 160 Å². The largest absolute Gasteiger partial charge is 0.673 e. The summed E-state index contributed by atoms with van der Waals surface area (Å²) < 4.78 is 41.6. The lowest BCUT2D eigenvalue weighted by Crippen LogP contribution is -2.55. The topological polar surface area (TPSA) is 6.25 Å². The fourth-order valence-electron chi connectivity index (χ4n) is 4.55. The van der Waals surface area contributed by atoms with Gasteiger partial charge in [-0.05, 0) is 38.3 Å². The lowest BCUT2D eigenvalue weighted by atomic mass is 9.60. The van der Waals surface area contributed by atoms with Crippen molar-refractivity contribution >= 4 is 24.8 Å². The molecule has 0 amide bonds. The second-order valence-electron chi connectivity index (χ2n) is 8.92. The maximum absolute atomic E-state index is 9.75. The van der Waals surface area contributed by atoms with E-state index >= 15 is 0 Å². The molecule has 1 fully saturated rings. The van der Waals surface area contributed by atoms with E-state index in [1.54, 1.807) is 0 Å². The zero-order valence-electron chi connectivity index (χ0n) is 17.4. The maximum Gasteiger partial charge on any atom is 0.673 e. The van der Waals surface area contributed by atoms with E-state index in [1.165, 1.54) is 41.8 Å². The van der Waals surface area contributed by atoms with Crippen LogP contribution in [0.3, 0.4) is 0 Å². The number of fused-ring (bicyclic) bond motifs is 2. The Hall–Kier alpha value is -1.53. The van der Waals surface area contributed by atoms with Gasteiger partial charge in [-0.2, -0.15) is 4.58 Å². The number of nitrogens with zero attached hydrogens (tertiary/aromatic N) is 2. The number of aryl methyl sites for hydroxylation is 2. The molecule has 2 bridgehead atoms. The zero-order chi connectivity index (χ0) is 20.8. The van der Waals surface area contributed by atoms with Crippen LogP contribution in [0.25, 0.3) is 0 Å². The molecule has 2 nitrogen and oxygen atoms in total. The van der Waals surface area contributed by atoms with E-state index in [1.807, 2.05) is 0 Å². The van der Waals surface area contributed by atoms with Crippen LogP contribution in [0.5, 0.6) is 0 Å². The van der Waals surface area contributed by atoms with Gasteiger partial charge in [-0.25, -0.2) is 0 Å². The summed E-state index contributed by atoms with van der Waals surface area (Å²) in [6, 6.07) is 4.65. The van der Waals surface area contributed by atoms with E-state index in [4.69, 9.17) is 0 Å². The molecule has 3 aliphatic rings. The summed E-state index contributed by atoms with van der Waals surface area (Å²) >= 11 is 0. The van der Waals surface area contributed by atoms with Crippen molar-refractivity contribution in [3.8, 4) is 0 Å². The summed E-state index contributed by atoms with van der Waals surface area (Å²) in [5.74, 6) is 0.782. The second-order valence-corrected chi connectivity index (χ2v) is 8.92. The summed E-state index contributed by atoms with van der Waals surface area (Å²) in [5.41, 5.74) is 6.16. The van der Waals surface area contributed by atoms with Crippen molar-refractivity contribution in [2.24, 2.45) is 11.3 Å².